The van der Waals surface area contributed by atoms with Gasteiger partial charge in [-0.05, 0) is 10.0 Å². The first-order chi connectivity index (χ1) is 3.41. The fourth-order valence-electron chi connectivity index (χ4n) is 0.143. The van der Waals surface area contributed by atoms with Crippen LogP contribution >= 0.6 is 22.6 Å². The highest BCUT2D eigenvalue weighted by Crippen LogP contribution is 1.71. The van der Waals surface area contributed by atoms with Gasteiger partial charge in [-0.2, -0.15) is 0 Å². The van der Waals surface area contributed by atoms with Crippen LogP contribution in [0.2, 0.25) is 0 Å². The van der Waals surface area contributed by atoms with Crippen LogP contribution in [0.3, 0.4) is 0 Å². The molecule has 0 aliphatic heterocycles. The van der Waals surface area contributed by atoms with Gasteiger partial charge in [-0.15, -0.1) is 0 Å². The number of allylic oxidation sites excluding steroid dienone is 1. The summed E-state index contributed by atoms with van der Waals surface area (Å²) in [6, 6.07) is 0. The molecular formula is C5H5IO. The van der Waals surface area contributed by atoms with Crippen molar-refractivity contribution in [3.8, 4) is 9.85 Å². The normalized spacial score (nSPS) is 8.29. The van der Waals surface area contributed by atoms with Crippen molar-refractivity contribution in [2.75, 3.05) is 6.61 Å². The van der Waals surface area contributed by atoms with Crippen molar-refractivity contribution in [2.24, 2.45) is 0 Å². The van der Waals surface area contributed by atoms with E-state index < -0.39 is 0 Å². The number of halogens is 1. The Balaban J connectivity index is 3.21. The zero-order valence-corrected chi connectivity index (χ0v) is 5.84. The van der Waals surface area contributed by atoms with Crippen molar-refractivity contribution in [1.82, 2.24) is 0 Å². The van der Waals surface area contributed by atoms with Crippen LogP contribution in [0.5, 0.6) is 0 Å². The largest absolute Gasteiger partial charge is 0.392 e. The molecule has 1 nitrogen and oxygen atoms in total. The Morgan fingerprint density at radius 1 is 1.71 bits per heavy atom. The van der Waals surface area contributed by atoms with Crippen molar-refractivity contribution >= 4 is 22.6 Å². The van der Waals surface area contributed by atoms with Crippen LogP contribution in [0.4, 0.5) is 0 Å². The van der Waals surface area contributed by atoms with Gasteiger partial charge in [0.2, 0.25) is 0 Å². The summed E-state index contributed by atoms with van der Waals surface area (Å²) in [5.41, 5.74) is 0. The number of aliphatic hydroxyl groups excluding tert-OH is 1. The standard InChI is InChI=1S/C5H5IO/c6-4-2-1-3-5-7/h1,3,7H,5H2/b3-1+. The molecule has 0 spiro atoms. The van der Waals surface area contributed by atoms with Gasteiger partial charge in [-0.1, -0.05) is 12.0 Å². The van der Waals surface area contributed by atoms with E-state index in [0.717, 1.165) is 0 Å². The van der Waals surface area contributed by atoms with Crippen LogP contribution in [0.1, 0.15) is 0 Å². The van der Waals surface area contributed by atoms with Crippen molar-refractivity contribution in [1.29, 1.82) is 0 Å². The van der Waals surface area contributed by atoms with E-state index in [-0.39, 0.29) is 6.61 Å². The molecule has 0 fully saturated rings. The van der Waals surface area contributed by atoms with Gasteiger partial charge >= 0.3 is 0 Å². The van der Waals surface area contributed by atoms with E-state index >= 15 is 0 Å². The number of aliphatic hydroxyl groups is 1. The molecule has 0 aromatic heterocycles. The SMILES string of the molecule is OC/C=C/C#CI. The molecule has 0 aromatic rings. The van der Waals surface area contributed by atoms with Crippen molar-refractivity contribution in [2.45, 2.75) is 0 Å². The first-order valence-corrected chi connectivity index (χ1v) is 2.86. The quantitative estimate of drug-likeness (QED) is 0.502. The monoisotopic (exact) mass is 208 g/mol. The molecule has 0 rings (SSSR count). The Labute approximate surface area is 56.6 Å². The summed E-state index contributed by atoms with van der Waals surface area (Å²) in [7, 11) is 0. The summed E-state index contributed by atoms with van der Waals surface area (Å²) in [5.74, 6) is 2.65. The average Bonchev–Trinajstić information content (AvgIpc) is 1.69. The summed E-state index contributed by atoms with van der Waals surface area (Å²) in [6.45, 7) is 0.0747. The highest BCUT2D eigenvalue weighted by atomic mass is 127. The number of hydrogen-bond donors (Lipinski definition) is 1. The van der Waals surface area contributed by atoms with Crippen LogP contribution < -0.4 is 0 Å². The molecular weight excluding hydrogens is 203 g/mol. The summed E-state index contributed by atoms with van der Waals surface area (Å²) in [4.78, 5) is 0. The lowest BCUT2D eigenvalue weighted by Gasteiger charge is -1.67. The molecule has 0 saturated carbocycles. The molecule has 7 heavy (non-hydrogen) atoms. The van der Waals surface area contributed by atoms with Crippen LogP contribution in [0, 0.1) is 9.85 Å². The van der Waals surface area contributed by atoms with Gasteiger partial charge in [0.25, 0.3) is 0 Å². The second-order valence-corrected chi connectivity index (χ2v) is 1.36. The smallest absolute Gasteiger partial charge is 0.0621 e. The Bertz CT molecular complexity index is 107. The zero-order valence-electron chi connectivity index (χ0n) is 3.69. The maximum Gasteiger partial charge on any atom is 0.0621 e. The summed E-state index contributed by atoms with van der Waals surface area (Å²) >= 11 is 1.93. The van der Waals surface area contributed by atoms with Crippen LogP contribution in [0.25, 0.3) is 0 Å². The molecule has 0 bridgehead atoms. The van der Waals surface area contributed by atoms with Crippen LogP contribution in [0.15, 0.2) is 12.2 Å². The van der Waals surface area contributed by atoms with Gasteiger partial charge in [0.1, 0.15) is 0 Å². The van der Waals surface area contributed by atoms with E-state index in [1.807, 2.05) is 22.6 Å². The van der Waals surface area contributed by atoms with E-state index in [4.69, 9.17) is 5.11 Å². The minimum absolute atomic E-state index is 0.0747. The molecule has 0 aromatic carbocycles. The fraction of sp³-hybridized carbons (Fsp3) is 0.200. The number of rotatable bonds is 1. The average molecular weight is 208 g/mol. The topological polar surface area (TPSA) is 20.2 Å². The van der Waals surface area contributed by atoms with Gasteiger partial charge < -0.3 is 5.11 Å². The first kappa shape index (κ1) is 6.99. The van der Waals surface area contributed by atoms with Gasteiger partial charge in [-0.3, -0.25) is 0 Å². The van der Waals surface area contributed by atoms with E-state index in [2.05, 4.69) is 9.85 Å². The third-order valence-electron chi connectivity index (χ3n) is 0.361. The molecule has 38 valence electrons. The first-order valence-electron chi connectivity index (χ1n) is 1.79. The van der Waals surface area contributed by atoms with Gasteiger partial charge in [0.05, 0.1) is 6.61 Å². The Kier molecular flexibility index (Phi) is 5.98. The maximum atomic E-state index is 8.14. The van der Waals surface area contributed by atoms with E-state index in [1.165, 1.54) is 0 Å². The molecule has 0 aliphatic carbocycles. The molecule has 0 heterocycles. The predicted molar refractivity (Wildman–Crippen MR) is 38.0 cm³/mol. The molecule has 0 aliphatic rings. The maximum absolute atomic E-state index is 8.14. The zero-order chi connectivity index (χ0) is 5.54. The molecule has 0 unspecified atom stereocenters. The highest BCUT2D eigenvalue weighted by Gasteiger charge is 1.57. The van der Waals surface area contributed by atoms with E-state index in [9.17, 15) is 0 Å². The molecule has 2 heteroatoms. The molecule has 0 radical (unpaired) electrons. The lowest BCUT2D eigenvalue weighted by molar-refractivity contribution is 0.343. The Morgan fingerprint density at radius 2 is 2.43 bits per heavy atom. The van der Waals surface area contributed by atoms with E-state index in [1.54, 1.807) is 12.2 Å². The second kappa shape index (κ2) is 5.99. The minimum atomic E-state index is 0.0747. The van der Waals surface area contributed by atoms with Crippen molar-refractivity contribution in [3.63, 3.8) is 0 Å². The van der Waals surface area contributed by atoms with Crippen LogP contribution in [-0.2, 0) is 0 Å². The molecule has 1 N–H and O–H groups in total. The number of hydrogen-bond acceptors (Lipinski definition) is 1. The van der Waals surface area contributed by atoms with Gasteiger partial charge in [-0.25, -0.2) is 0 Å². The lowest BCUT2D eigenvalue weighted by atomic mass is 10.5. The fourth-order valence-corrected chi connectivity index (χ4v) is 0.323. The summed E-state index contributed by atoms with van der Waals surface area (Å²) in [6.07, 6.45) is 3.21. The Hall–Kier alpha value is -0.0100. The molecule has 0 amide bonds. The minimum Gasteiger partial charge on any atom is -0.392 e. The van der Waals surface area contributed by atoms with Crippen molar-refractivity contribution in [3.05, 3.63) is 12.2 Å². The molecule has 0 saturated heterocycles. The third kappa shape index (κ3) is 5.99. The Morgan fingerprint density at radius 3 is 2.86 bits per heavy atom. The van der Waals surface area contributed by atoms with Gasteiger partial charge in [0.15, 0.2) is 0 Å². The second-order valence-electron chi connectivity index (χ2n) is 0.824. The summed E-state index contributed by atoms with van der Waals surface area (Å²) < 4.78 is 2.62. The lowest BCUT2D eigenvalue weighted by Crippen LogP contribution is -1.66. The highest BCUT2D eigenvalue weighted by molar-refractivity contribution is 14.1. The van der Waals surface area contributed by atoms with Crippen LogP contribution in [-0.4, -0.2) is 11.7 Å². The van der Waals surface area contributed by atoms with Gasteiger partial charge in [0, 0.05) is 22.6 Å². The third-order valence-corrected chi connectivity index (χ3v) is 0.673. The predicted octanol–water partition coefficient (Wildman–Crippen LogP) is 0.931. The van der Waals surface area contributed by atoms with E-state index in [0.29, 0.717) is 0 Å². The summed E-state index contributed by atoms with van der Waals surface area (Å²) in [5, 5.41) is 8.14. The molecule has 0 atom stereocenters. The van der Waals surface area contributed by atoms with Crippen molar-refractivity contribution < 1.29 is 5.11 Å².